The van der Waals surface area contributed by atoms with E-state index in [1.165, 1.54) is 36.3 Å². The highest BCUT2D eigenvalue weighted by atomic mass is 79.9. The Hall–Kier alpha value is -5.90. The Kier molecular flexibility index (Phi) is 24.0. The molecule has 1 heterocycles. The number of anilines is 1. The van der Waals surface area contributed by atoms with Gasteiger partial charge in [0, 0.05) is 69.9 Å². The van der Waals surface area contributed by atoms with Crippen molar-refractivity contribution in [2.75, 3.05) is 25.5 Å². The number of rotatable bonds is 29. The molecule has 0 bridgehead atoms. The predicted octanol–water partition coefficient (Wildman–Crippen LogP) is 4.03. The van der Waals surface area contributed by atoms with Crippen molar-refractivity contribution in [1.82, 2.24) is 31.2 Å². The maximum Gasteiger partial charge on any atom is 0.306 e. The van der Waals surface area contributed by atoms with E-state index >= 15 is 0 Å². The Morgan fingerprint density at radius 2 is 1.64 bits per heavy atom. The number of aromatic hydroxyl groups is 1. The van der Waals surface area contributed by atoms with Crippen molar-refractivity contribution in [3.8, 4) is 5.75 Å². The van der Waals surface area contributed by atoms with Crippen molar-refractivity contribution in [2.24, 2.45) is 17.8 Å². The van der Waals surface area contributed by atoms with E-state index in [2.05, 4.69) is 47.5 Å². The minimum absolute atomic E-state index is 0.00130. The number of hydrogen-bond donors (Lipinski definition) is 8. The third-order valence-corrected chi connectivity index (χ3v) is 12.1. The number of carboxylic acid groups (broad SMARTS) is 2. The highest BCUT2D eigenvalue weighted by Gasteiger charge is 2.35. The van der Waals surface area contributed by atoms with Crippen molar-refractivity contribution in [3.63, 3.8) is 0 Å². The summed E-state index contributed by atoms with van der Waals surface area (Å²) < 4.78 is 5.61. The van der Waals surface area contributed by atoms with E-state index in [4.69, 9.17) is 9.84 Å². The van der Waals surface area contributed by atoms with Crippen molar-refractivity contribution in [1.29, 1.82) is 0 Å². The maximum atomic E-state index is 13.7. The van der Waals surface area contributed by atoms with Crippen LogP contribution in [0.4, 0.5) is 5.69 Å². The molecule has 2 unspecified atom stereocenters. The molecule has 0 radical (unpaired) electrons. The molecule has 0 saturated heterocycles. The fourth-order valence-corrected chi connectivity index (χ4v) is 7.90. The van der Waals surface area contributed by atoms with Crippen molar-refractivity contribution < 1.29 is 63.2 Å². The summed E-state index contributed by atoms with van der Waals surface area (Å²) >= 11 is 4.08. The van der Waals surface area contributed by atoms with E-state index in [9.17, 15) is 53.4 Å². The molecule has 0 fully saturated rings. The molecule has 0 spiro atoms. The topological polar surface area (TPSA) is 300 Å². The molecule has 0 aliphatic carbocycles. The number of phenols is 1. The molecule has 8 N–H and O–H groups in total. The molecule has 364 valence electrons. The first-order chi connectivity index (χ1) is 31.1. The van der Waals surface area contributed by atoms with Crippen molar-refractivity contribution >= 4 is 86.8 Å². The molecule has 2 rings (SSSR count). The number of amides is 6. The fourth-order valence-electron chi connectivity index (χ4n) is 6.71. The number of carbonyl (C=O) groups is 9. The number of nitrogens with zero attached hydrogens (tertiary/aromatic N) is 2. The molecule has 1 aromatic heterocycles. The Balaban J connectivity index is 2.17. The van der Waals surface area contributed by atoms with Crippen LogP contribution < -0.4 is 26.6 Å². The Morgan fingerprint density at radius 3 is 2.24 bits per heavy atom. The standard InChI is InChI=1S/C44H62BrN7O13S/c1-8-25(4)39(48-23-53)43(62)52(7)33(24(2)3)21-35(65-27(6)54)42-51-32(22-66-42)41(61)49-29(17-26(5)44(63)64)18-28-13-14-34(55)31(19-28)50-36(56)11-9-15-46-37(57)20-30(45)40(60)47-16-10-12-38(58)59/h13-14,19-20,22-26,29,33,35,39,55H,8-12,15-18,21H2,1-7H3,(H,46,57)(H,47,60)(H,48,53)(H,49,61)(H,50,56)(H,58,59)(H,63,64)/b30-20-/t25-,26?,29+,33?,35+,39-/m0/s1. The van der Waals surface area contributed by atoms with Crippen molar-refractivity contribution in [3.05, 3.63) is 50.4 Å². The Bertz CT molecular complexity index is 2060. The van der Waals surface area contributed by atoms with Crippen LogP contribution in [0.5, 0.6) is 5.75 Å². The van der Waals surface area contributed by atoms with Gasteiger partial charge in [0.25, 0.3) is 11.8 Å². The van der Waals surface area contributed by atoms with Crippen molar-refractivity contribution in [2.45, 2.75) is 117 Å². The summed E-state index contributed by atoms with van der Waals surface area (Å²) in [6.45, 7) is 10.5. The van der Waals surface area contributed by atoms with Gasteiger partial charge in [0.2, 0.25) is 24.1 Å². The number of esters is 1. The number of halogens is 1. The number of likely N-dealkylation sites (N-methyl/N-ethyl adjacent to an activating group) is 1. The van der Waals surface area contributed by atoms with E-state index in [0.717, 1.165) is 17.4 Å². The first-order valence-corrected chi connectivity index (χ1v) is 23.1. The first-order valence-electron chi connectivity index (χ1n) is 21.5. The fraction of sp³-hybridized carbons (Fsp3) is 0.545. The lowest BCUT2D eigenvalue weighted by Gasteiger charge is -2.36. The Labute approximate surface area is 396 Å². The average Bonchev–Trinajstić information content (AvgIpc) is 3.75. The molecule has 6 atom stereocenters. The van der Waals surface area contributed by atoms with Crippen LogP contribution in [0.25, 0.3) is 0 Å². The third-order valence-electron chi connectivity index (χ3n) is 10.6. The number of aromatic nitrogens is 1. The van der Waals surface area contributed by atoms with E-state index in [1.807, 2.05) is 27.7 Å². The third kappa shape index (κ3) is 19.3. The molecule has 20 nitrogen and oxygen atoms in total. The number of carboxylic acids is 2. The van der Waals surface area contributed by atoms with Crippen LogP contribution in [-0.4, -0.2) is 117 Å². The number of carbonyl (C=O) groups excluding carboxylic acids is 7. The second kappa shape index (κ2) is 28.2. The van der Waals surface area contributed by atoms with Crippen LogP contribution in [0.2, 0.25) is 0 Å². The smallest absolute Gasteiger partial charge is 0.306 e. The average molecular weight is 1010 g/mol. The molecule has 22 heteroatoms. The maximum absolute atomic E-state index is 13.7. The zero-order valence-corrected chi connectivity index (χ0v) is 40.6. The van der Waals surface area contributed by atoms with Crippen LogP contribution >= 0.6 is 27.3 Å². The second-order valence-electron chi connectivity index (χ2n) is 16.2. The second-order valence-corrected chi connectivity index (χ2v) is 17.9. The summed E-state index contributed by atoms with van der Waals surface area (Å²) in [6, 6.07) is 2.39. The van der Waals surface area contributed by atoms with Crippen LogP contribution in [0.3, 0.4) is 0 Å². The lowest BCUT2D eigenvalue weighted by Crippen LogP contribution is -2.52. The van der Waals surface area contributed by atoms with Gasteiger partial charge in [-0.1, -0.05) is 47.1 Å². The molecule has 6 amide bonds. The molecular weight excluding hydrogens is 946 g/mol. The van der Waals surface area contributed by atoms with E-state index in [-0.39, 0.29) is 97.4 Å². The number of aliphatic carboxylic acids is 2. The van der Waals surface area contributed by atoms with Crippen LogP contribution in [-0.2, 0) is 49.5 Å². The van der Waals surface area contributed by atoms with Gasteiger partial charge in [0.05, 0.1) is 16.1 Å². The van der Waals surface area contributed by atoms with Gasteiger partial charge in [-0.2, -0.15) is 0 Å². The van der Waals surface area contributed by atoms with E-state index < -0.39 is 71.7 Å². The summed E-state index contributed by atoms with van der Waals surface area (Å²) in [5, 5.41) is 43.9. The van der Waals surface area contributed by atoms with Gasteiger partial charge < -0.3 is 51.5 Å². The largest absolute Gasteiger partial charge is 0.506 e. The van der Waals surface area contributed by atoms with Gasteiger partial charge in [-0.3, -0.25) is 43.2 Å². The van der Waals surface area contributed by atoms with Crippen LogP contribution in [0.1, 0.15) is 114 Å². The SMILES string of the molecule is CC[C@H](C)[C@H](NC=O)C(=O)N(C)C(C[C@@H](OC(C)=O)c1nc(C(=O)N[C@@H](Cc2ccc(O)c(NC(=O)CCCNC(=O)/C=C(\Br)C(=O)NCCCC(=O)O)c2)CC(C)C(=O)O)cs1)C(C)C. The zero-order chi connectivity index (χ0) is 49.7. The molecule has 1 aromatic carbocycles. The lowest BCUT2D eigenvalue weighted by molar-refractivity contribution is -0.149. The van der Waals surface area contributed by atoms with Crippen LogP contribution in [0, 0.1) is 17.8 Å². The Morgan fingerprint density at radius 1 is 0.970 bits per heavy atom. The number of benzene rings is 1. The molecule has 0 aliphatic heterocycles. The molecule has 0 saturated carbocycles. The summed E-state index contributed by atoms with van der Waals surface area (Å²) in [5.74, 6) is -6.75. The minimum atomic E-state index is -1.09. The van der Waals surface area contributed by atoms with Crippen LogP contribution in [0.15, 0.2) is 34.1 Å². The highest BCUT2D eigenvalue weighted by molar-refractivity contribution is 9.12. The number of thiazole rings is 1. The molecule has 2 aromatic rings. The number of nitrogens with one attached hydrogen (secondary N) is 5. The van der Waals surface area contributed by atoms with E-state index in [1.54, 1.807) is 13.1 Å². The van der Waals surface area contributed by atoms with Gasteiger partial charge in [-0.05, 0) is 71.1 Å². The zero-order valence-electron chi connectivity index (χ0n) is 38.2. The lowest BCUT2D eigenvalue weighted by atomic mass is 9.93. The predicted molar refractivity (Wildman–Crippen MR) is 247 cm³/mol. The normalized spacial score (nSPS) is 14.0. The quantitative estimate of drug-likeness (QED) is 0.0188. The summed E-state index contributed by atoms with van der Waals surface area (Å²) in [5.41, 5.74) is 0.571. The van der Waals surface area contributed by atoms with Gasteiger partial charge in [-0.15, -0.1) is 11.3 Å². The molecular formula is C44H62BrN7O13S. The summed E-state index contributed by atoms with van der Waals surface area (Å²) in [7, 11) is 1.62. The van der Waals surface area contributed by atoms with Gasteiger partial charge in [0.15, 0.2) is 6.10 Å². The molecule has 66 heavy (non-hydrogen) atoms. The van der Waals surface area contributed by atoms with Gasteiger partial charge in [0.1, 0.15) is 22.5 Å². The highest BCUT2D eigenvalue weighted by Crippen LogP contribution is 2.31. The summed E-state index contributed by atoms with van der Waals surface area (Å²) in [4.78, 5) is 117. The van der Waals surface area contributed by atoms with Gasteiger partial charge in [-0.25, -0.2) is 4.98 Å². The summed E-state index contributed by atoms with van der Waals surface area (Å²) in [6.07, 6.45) is 1.65. The molecule has 0 aliphatic rings. The van der Waals surface area contributed by atoms with Gasteiger partial charge >= 0.3 is 17.9 Å². The monoisotopic (exact) mass is 1010 g/mol. The minimum Gasteiger partial charge on any atom is -0.506 e. The van der Waals surface area contributed by atoms with E-state index in [0.29, 0.717) is 23.4 Å². The number of ether oxygens (including phenoxy) is 1. The number of hydrogen-bond acceptors (Lipinski definition) is 13. The first kappa shape index (κ1) is 56.2. The number of phenolic OH excluding ortho intramolecular Hbond substituents is 1.